The van der Waals surface area contributed by atoms with Crippen molar-refractivity contribution in [1.29, 1.82) is 0 Å². The molecule has 0 aliphatic carbocycles. The highest BCUT2D eigenvalue weighted by Crippen LogP contribution is 2.26. The van der Waals surface area contributed by atoms with Crippen LogP contribution in [0.5, 0.6) is 0 Å². The highest BCUT2D eigenvalue weighted by atomic mass is 35.5. The van der Waals surface area contributed by atoms with Crippen LogP contribution >= 0.6 is 11.6 Å². The van der Waals surface area contributed by atoms with Gasteiger partial charge in [-0.15, -0.1) is 0 Å². The lowest BCUT2D eigenvalue weighted by molar-refractivity contribution is -0.138. The third kappa shape index (κ3) is 2.02. The summed E-state index contributed by atoms with van der Waals surface area (Å²) >= 11 is 5.62. The van der Waals surface area contributed by atoms with Crippen molar-refractivity contribution in [1.82, 2.24) is 0 Å². The van der Waals surface area contributed by atoms with Gasteiger partial charge in [0.1, 0.15) is 5.82 Å². The standard InChI is InChI=1S/C9H9ClFNO2/c10-8-5(2-1-3-7(8)11)6(4-12)9(13)14/h1-3,6H,4,12H2,(H,13,14). The topological polar surface area (TPSA) is 63.3 Å². The van der Waals surface area contributed by atoms with E-state index in [0.717, 1.165) is 0 Å². The van der Waals surface area contributed by atoms with E-state index in [4.69, 9.17) is 22.4 Å². The van der Waals surface area contributed by atoms with Gasteiger partial charge in [0.25, 0.3) is 0 Å². The van der Waals surface area contributed by atoms with E-state index in [0.29, 0.717) is 0 Å². The Bertz CT molecular complexity index is 357. The molecule has 76 valence electrons. The van der Waals surface area contributed by atoms with Gasteiger partial charge >= 0.3 is 5.97 Å². The first-order valence-corrected chi connectivity index (χ1v) is 4.32. The molecule has 1 rings (SSSR count). The number of benzene rings is 1. The number of carboxylic acids is 1. The number of rotatable bonds is 3. The molecule has 0 amide bonds. The Balaban J connectivity index is 3.16. The van der Waals surface area contributed by atoms with Crippen LogP contribution in [0.4, 0.5) is 4.39 Å². The molecule has 5 heteroatoms. The fourth-order valence-electron chi connectivity index (χ4n) is 1.15. The second-order valence-electron chi connectivity index (χ2n) is 2.77. The summed E-state index contributed by atoms with van der Waals surface area (Å²) in [6, 6.07) is 4.03. The SMILES string of the molecule is NCC(C(=O)O)c1cccc(F)c1Cl. The van der Waals surface area contributed by atoms with Crippen LogP contribution in [-0.4, -0.2) is 17.6 Å². The predicted molar refractivity (Wildman–Crippen MR) is 50.8 cm³/mol. The molecule has 0 heterocycles. The van der Waals surface area contributed by atoms with Gasteiger partial charge in [-0.3, -0.25) is 4.79 Å². The molecule has 0 saturated carbocycles. The van der Waals surface area contributed by atoms with E-state index in [-0.39, 0.29) is 17.1 Å². The van der Waals surface area contributed by atoms with Gasteiger partial charge in [0.2, 0.25) is 0 Å². The molecule has 14 heavy (non-hydrogen) atoms. The van der Waals surface area contributed by atoms with E-state index < -0.39 is 17.7 Å². The molecule has 0 aromatic heterocycles. The lowest BCUT2D eigenvalue weighted by Crippen LogP contribution is -2.21. The van der Waals surface area contributed by atoms with Gasteiger partial charge in [-0.25, -0.2) is 4.39 Å². The van der Waals surface area contributed by atoms with E-state index in [1.165, 1.54) is 18.2 Å². The van der Waals surface area contributed by atoms with Crippen LogP contribution in [0.15, 0.2) is 18.2 Å². The van der Waals surface area contributed by atoms with E-state index in [1.54, 1.807) is 0 Å². The smallest absolute Gasteiger partial charge is 0.312 e. The van der Waals surface area contributed by atoms with Crippen LogP contribution in [0, 0.1) is 5.82 Å². The summed E-state index contributed by atoms with van der Waals surface area (Å²) in [6.45, 7) is -0.113. The van der Waals surface area contributed by atoms with Gasteiger partial charge in [0.05, 0.1) is 10.9 Å². The maximum absolute atomic E-state index is 13.0. The summed E-state index contributed by atoms with van der Waals surface area (Å²) in [4.78, 5) is 10.7. The van der Waals surface area contributed by atoms with Crippen molar-refractivity contribution >= 4 is 17.6 Å². The van der Waals surface area contributed by atoms with Gasteiger partial charge < -0.3 is 10.8 Å². The molecule has 3 N–H and O–H groups in total. The van der Waals surface area contributed by atoms with Crippen molar-refractivity contribution in [2.24, 2.45) is 5.73 Å². The second-order valence-corrected chi connectivity index (χ2v) is 3.15. The Morgan fingerprint density at radius 2 is 2.29 bits per heavy atom. The average Bonchev–Trinajstić information content (AvgIpc) is 2.13. The molecule has 0 aliphatic rings. The number of aliphatic carboxylic acids is 1. The Morgan fingerprint density at radius 3 is 2.79 bits per heavy atom. The predicted octanol–water partition coefficient (Wildman–Crippen LogP) is 1.61. The van der Waals surface area contributed by atoms with Crippen molar-refractivity contribution in [3.05, 3.63) is 34.6 Å². The fraction of sp³-hybridized carbons (Fsp3) is 0.222. The zero-order valence-electron chi connectivity index (χ0n) is 7.21. The highest BCUT2D eigenvalue weighted by molar-refractivity contribution is 6.31. The average molecular weight is 218 g/mol. The van der Waals surface area contributed by atoms with Crippen molar-refractivity contribution in [2.75, 3.05) is 6.54 Å². The van der Waals surface area contributed by atoms with Crippen molar-refractivity contribution in [2.45, 2.75) is 5.92 Å². The third-order valence-corrected chi connectivity index (χ3v) is 2.29. The molecular weight excluding hydrogens is 209 g/mol. The van der Waals surface area contributed by atoms with E-state index in [2.05, 4.69) is 0 Å². The van der Waals surface area contributed by atoms with E-state index in [1.807, 2.05) is 0 Å². The van der Waals surface area contributed by atoms with Crippen LogP contribution in [-0.2, 0) is 4.79 Å². The van der Waals surface area contributed by atoms with Crippen LogP contribution in [0.1, 0.15) is 11.5 Å². The Morgan fingerprint density at radius 1 is 1.64 bits per heavy atom. The molecule has 0 radical (unpaired) electrons. The first-order valence-electron chi connectivity index (χ1n) is 3.94. The molecule has 1 aromatic carbocycles. The fourth-order valence-corrected chi connectivity index (χ4v) is 1.41. The first-order chi connectivity index (χ1) is 6.57. The Kier molecular flexibility index (Phi) is 3.43. The largest absolute Gasteiger partial charge is 0.481 e. The van der Waals surface area contributed by atoms with E-state index >= 15 is 0 Å². The molecule has 0 bridgehead atoms. The summed E-state index contributed by atoms with van der Waals surface area (Å²) in [6.07, 6.45) is 0. The molecular formula is C9H9ClFNO2. The molecule has 1 aromatic rings. The molecule has 1 unspecified atom stereocenters. The van der Waals surface area contributed by atoms with E-state index in [9.17, 15) is 9.18 Å². The zero-order chi connectivity index (χ0) is 10.7. The minimum absolute atomic E-state index is 0.113. The monoisotopic (exact) mass is 217 g/mol. The van der Waals surface area contributed by atoms with Gasteiger partial charge in [-0.05, 0) is 11.6 Å². The minimum atomic E-state index is -1.11. The quantitative estimate of drug-likeness (QED) is 0.809. The lowest BCUT2D eigenvalue weighted by atomic mass is 9.99. The third-order valence-electron chi connectivity index (χ3n) is 1.89. The minimum Gasteiger partial charge on any atom is -0.481 e. The summed E-state index contributed by atoms with van der Waals surface area (Å²) in [7, 11) is 0. The Hall–Kier alpha value is -1.13. The molecule has 0 fully saturated rings. The number of nitrogens with two attached hydrogens (primary N) is 1. The van der Waals surface area contributed by atoms with Crippen molar-refractivity contribution in [3.63, 3.8) is 0 Å². The molecule has 0 spiro atoms. The summed E-state index contributed by atoms with van der Waals surface area (Å²) in [5, 5.41) is 8.61. The number of hydrogen-bond acceptors (Lipinski definition) is 2. The number of hydrogen-bond donors (Lipinski definition) is 2. The molecule has 0 aliphatic heterocycles. The van der Waals surface area contributed by atoms with Crippen molar-refractivity contribution < 1.29 is 14.3 Å². The van der Waals surface area contributed by atoms with Gasteiger partial charge in [0, 0.05) is 6.54 Å². The number of carbonyl (C=O) groups is 1. The Labute approximate surface area is 85.3 Å². The van der Waals surface area contributed by atoms with Crippen LogP contribution in [0.2, 0.25) is 5.02 Å². The normalized spacial score (nSPS) is 12.5. The van der Waals surface area contributed by atoms with Crippen LogP contribution in [0.25, 0.3) is 0 Å². The molecule has 3 nitrogen and oxygen atoms in total. The maximum Gasteiger partial charge on any atom is 0.312 e. The highest BCUT2D eigenvalue weighted by Gasteiger charge is 2.21. The summed E-state index contributed by atoms with van der Waals surface area (Å²) in [5.41, 5.74) is 5.47. The van der Waals surface area contributed by atoms with Crippen LogP contribution < -0.4 is 5.73 Å². The molecule has 0 saturated heterocycles. The number of halogens is 2. The lowest BCUT2D eigenvalue weighted by Gasteiger charge is -2.11. The molecule has 1 atom stereocenters. The summed E-state index contributed by atoms with van der Waals surface area (Å²) in [5.74, 6) is -2.71. The second kappa shape index (κ2) is 4.39. The van der Waals surface area contributed by atoms with Gasteiger partial charge in [0.15, 0.2) is 0 Å². The van der Waals surface area contributed by atoms with Gasteiger partial charge in [-0.2, -0.15) is 0 Å². The van der Waals surface area contributed by atoms with Gasteiger partial charge in [-0.1, -0.05) is 23.7 Å². The first kappa shape index (κ1) is 10.9. The number of carboxylic acid groups (broad SMARTS) is 1. The maximum atomic E-state index is 13.0. The summed E-state index contributed by atoms with van der Waals surface area (Å²) < 4.78 is 13.0. The van der Waals surface area contributed by atoms with Crippen molar-refractivity contribution in [3.8, 4) is 0 Å². The van der Waals surface area contributed by atoms with Crippen LogP contribution in [0.3, 0.4) is 0 Å². The zero-order valence-corrected chi connectivity index (χ0v) is 7.96.